The molecule has 4 aromatic rings. The number of carbonyl (C=O) groups is 6. The van der Waals surface area contributed by atoms with Gasteiger partial charge in [-0.15, -0.1) is 0 Å². The fraction of sp³-hybridized carbons (Fsp3) is 0.370. The first-order valence-corrected chi connectivity index (χ1v) is 23.3. The summed E-state index contributed by atoms with van der Waals surface area (Å²) in [6.45, 7) is 3.99. The van der Waals surface area contributed by atoms with E-state index in [0.717, 1.165) is 22.3 Å². The number of benzene rings is 4. The third-order valence-electron chi connectivity index (χ3n) is 12.5. The lowest BCUT2D eigenvalue weighted by Crippen LogP contribution is -2.55. The normalized spacial score (nSPS) is 17.1. The summed E-state index contributed by atoms with van der Waals surface area (Å²) in [5.74, 6) is 9.05. The predicted molar refractivity (Wildman–Crippen MR) is 261 cm³/mol. The largest absolute Gasteiger partial charge is 0.343 e. The number of nitrogens with zero attached hydrogens (tertiary/aromatic N) is 2. The minimum atomic E-state index is -1.08. The van der Waals surface area contributed by atoms with Gasteiger partial charge in [0.2, 0.25) is 35.4 Å². The summed E-state index contributed by atoms with van der Waals surface area (Å²) >= 11 is 0. The summed E-state index contributed by atoms with van der Waals surface area (Å²) in [5.41, 5.74) is 3.59. The molecule has 6 amide bonds. The zero-order valence-electron chi connectivity index (χ0n) is 39.2. The second kappa shape index (κ2) is 25.0. The quantitative estimate of drug-likeness (QED) is 0.0818. The van der Waals surface area contributed by atoms with Gasteiger partial charge in [0.1, 0.15) is 24.2 Å². The van der Waals surface area contributed by atoms with E-state index in [0.29, 0.717) is 38.8 Å². The van der Waals surface area contributed by atoms with E-state index in [1.807, 2.05) is 121 Å². The van der Waals surface area contributed by atoms with Gasteiger partial charge in [-0.3, -0.25) is 28.8 Å². The van der Waals surface area contributed by atoms with Crippen molar-refractivity contribution >= 4 is 35.4 Å². The van der Waals surface area contributed by atoms with Crippen LogP contribution in [0.4, 0.5) is 0 Å². The number of hydrogen-bond acceptors (Lipinski definition) is 8. The lowest BCUT2D eigenvalue weighted by atomic mass is 9.98. The second-order valence-corrected chi connectivity index (χ2v) is 17.1. The predicted octanol–water partition coefficient (Wildman–Crippen LogP) is 3.75. The molecule has 14 nitrogen and oxygen atoms in total. The number of likely N-dealkylation sites (tertiary alicyclic amines) is 2. The van der Waals surface area contributed by atoms with Crippen LogP contribution >= 0.6 is 0 Å². The minimum Gasteiger partial charge on any atom is -0.343 e. The molecule has 2 heterocycles. The van der Waals surface area contributed by atoms with Crippen LogP contribution in [-0.4, -0.2) is 109 Å². The minimum absolute atomic E-state index is 0.104. The maximum atomic E-state index is 14.3. The van der Waals surface area contributed by atoms with E-state index in [9.17, 15) is 28.8 Å². The van der Waals surface area contributed by atoms with Crippen LogP contribution in [0, 0.1) is 23.7 Å². The molecular formula is C54H62N8O6. The van der Waals surface area contributed by atoms with E-state index in [1.54, 1.807) is 27.9 Å². The standard InChI is InChI=1S/C54H62N8O6/c1-37(55-3)49(63)57-43(53(67)61-35-21-33-45(61)51(65)59-47(39-23-11-7-12-24-39)40-25-13-8-14-26-40)31-19-5-6-20-32-44(58-50(64)38(2)56-4)54(68)62-36-22-34-46(62)52(66)60-48(41-27-15-9-16-28-41)42-29-17-10-18-30-42/h7-18,23-30,37-38,43-48,55-56H,21-22,31-36H2,1-4H3,(H,57,63)(H,58,64)(H,59,65)(H,60,66)/t37-,38-,43-,44-,45-,46-/m0/s1. The molecule has 2 fully saturated rings. The topological polar surface area (TPSA) is 181 Å². The Morgan fingerprint density at radius 1 is 0.500 bits per heavy atom. The first-order chi connectivity index (χ1) is 33.0. The highest BCUT2D eigenvalue weighted by Crippen LogP contribution is 2.27. The monoisotopic (exact) mass is 918 g/mol. The Labute approximate surface area is 399 Å². The smallest absolute Gasteiger partial charge is 0.246 e. The summed E-state index contributed by atoms with van der Waals surface area (Å²) in [5, 5.41) is 17.8. The summed E-state index contributed by atoms with van der Waals surface area (Å²) in [4.78, 5) is 86.0. The number of likely N-dealkylation sites (N-methyl/N-ethyl adjacent to an activating group) is 2. The van der Waals surface area contributed by atoms with Crippen molar-refractivity contribution in [2.45, 2.75) is 101 Å². The molecule has 0 aromatic heterocycles. The molecule has 2 aliphatic rings. The Balaban J connectivity index is 1.16. The molecule has 0 radical (unpaired) electrons. The van der Waals surface area contributed by atoms with Gasteiger partial charge in [0.05, 0.1) is 24.2 Å². The van der Waals surface area contributed by atoms with Crippen molar-refractivity contribution in [1.29, 1.82) is 0 Å². The summed E-state index contributed by atoms with van der Waals surface area (Å²) in [6.07, 6.45) is 1.90. The van der Waals surface area contributed by atoms with E-state index in [4.69, 9.17) is 0 Å². The summed E-state index contributed by atoms with van der Waals surface area (Å²) < 4.78 is 0. The van der Waals surface area contributed by atoms with Gasteiger partial charge < -0.3 is 41.7 Å². The zero-order chi connectivity index (χ0) is 48.4. The van der Waals surface area contributed by atoms with Gasteiger partial charge in [0.15, 0.2) is 0 Å². The first kappa shape index (κ1) is 50.2. The van der Waals surface area contributed by atoms with Crippen molar-refractivity contribution in [3.05, 3.63) is 144 Å². The molecule has 0 unspecified atom stereocenters. The van der Waals surface area contributed by atoms with Gasteiger partial charge in [-0.25, -0.2) is 0 Å². The van der Waals surface area contributed by atoms with Crippen LogP contribution in [0.2, 0.25) is 0 Å². The molecule has 4 aromatic carbocycles. The highest BCUT2D eigenvalue weighted by molar-refractivity contribution is 5.95. The third-order valence-corrected chi connectivity index (χ3v) is 12.5. The zero-order valence-corrected chi connectivity index (χ0v) is 39.2. The third kappa shape index (κ3) is 13.2. The van der Waals surface area contributed by atoms with Crippen molar-refractivity contribution in [2.24, 2.45) is 0 Å². The van der Waals surface area contributed by atoms with Crippen LogP contribution in [-0.2, 0) is 28.8 Å². The van der Waals surface area contributed by atoms with Gasteiger partial charge >= 0.3 is 0 Å². The Morgan fingerprint density at radius 2 is 0.809 bits per heavy atom. The number of rotatable bonds is 18. The SMILES string of the molecule is CN[C@@H](C)C(=O)N[C@@H](CC#CC#CC[C@H](NC(=O)[C@H](C)NC)C(=O)N1CCC[C@H]1C(=O)NC(c1ccccc1)c1ccccc1)C(=O)N1CCC[C@H]1C(=O)NC(c1ccccc1)c1ccccc1. The van der Waals surface area contributed by atoms with Crippen LogP contribution in [0.3, 0.4) is 0 Å². The summed E-state index contributed by atoms with van der Waals surface area (Å²) in [7, 11) is 3.28. The van der Waals surface area contributed by atoms with E-state index in [2.05, 4.69) is 55.6 Å². The van der Waals surface area contributed by atoms with E-state index in [1.165, 1.54) is 9.80 Å². The lowest BCUT2D eigenvalue weighted by molar-refractivity contribution is -0.141. The van der Waals surface area contributed by atoms with Gasteiger partial charge in [-0.05, 0) is 87.7 Å². The van der Waals surface area contributed by atoms with Crippen molar-refractivity contribution in [3.63, 3.8) is 0 Å². The Bertz CT molecular complexity index is 2220. The van der Waals surface area contributed by atoms with Crippen LogP contribution in [0.5, 0.6) is 0 Å². The molecule has 0 saturated carbocycles. The highest BCUT2D eigenvalue weighted by atomic mass is 16.2. The number of carbonyl (C=O) groups excluding carboxylic acids is 6. The Hall–Kier alpha value is -7.26. The van der Waals surface area contributed by atoms with Crippen molar-refractivity contribution in [1.82, 2.24) is 41.7 Å². The second-order valence-electron chi connectivity index (χ2n) is 17.1. The fourth-order valence-corrected chi connectivity index (χ4v) is 8.43. The number of nitrogens with one attached hydrogen (secondary N) is 6. The van der Waals surface area contributed by atoms with Gasteiger partial charge in [0, 0.05) is 25.9 Å². The van der Waals surface area contributed by atoms with Crippen LogP contribution in [0.1, 0.15) is 86.7 Å². The van der Waals surface area contributed by atoms with Crippen LogP contribution < -0.4 is 31.9 Å². The van der Waals surface area contributed by atoms with E-state index in [-0.39, 0.29) is 24.7 Å². The molecule has 0 aliphatic carbocycles. The molecule has 2 aliphatic heterocycles. The average molecular weight is 919 g/mol. The van der Waals surface area contributed by atoms with Crippen molar-refractivity contribution in [2.75, 3.05) is 27.2 Å². The fourth-order valence-electron chi connectivity index (χ4n) is 8.43. The van der Waals surface area contributed by atoms with Crippen molar-refractivity contribution in [3.8, 4) is 23.7 Å². The van der Waals surface area contributed by atoms with Gasteiger partial charge in [-0.2, -0.15) is 0 Å². The molecule has 6 rings (SSSR count). The van der Waals surface area contributed by atoms with Gasteiger partial charge in [0.25, 0.3) is 0 Å². The molecule has 0 spiro atoms. The van der Waals surface area contributed by atoms with E-state index < -0.39 is 72.0 Å². The first-order valence-electron chi connectivity index (χ1n) is 23.3. The number of hydrogen-bond donors (Lipinski definition) is 6. The maximum Gasteiger partial charge on any atom is 0.246 e. The molecule has 6 atom stereocenters. The summed E-state index contributed by atoms with van der Waals surface area (Å²) in [6, 6.07) is 32.7. The molecule has 0 bridgehead atoms. The molecule has 2 saturated heterocycles. The molecule has 14 heteroatoms. The Morgan fingerprint density at radius 3 is 1.10 bits per heavy atom. The van der Waals surface area contributed by atoms with Crippen LogP contribution in [0.15, 0.2) is 121 Å². The van der Waals surface area contributed by atoms with Gasteiger partial charge in [-0.1, -0.05) is 133 Å². The lowest BCUT2D eigenvalue weighted by Gasteiger charge is -2.30. The van der Waals surface area contributed by atoms with Crippen LogP contribution in [0.25, 0.3) is 0 Å². The highest BCUT2D eigenvalue weighted by Gasteiger charge is 2.40. The number of amides is 6. The van der Waals surface area contributed by atoms with E-state index >= 15 is 0 Å². The molecule has 68 heavy (non-hydrogen) atoms. The maximum absolute atomic E-state index is 14.3. The van der Waals surface area contributed by atoms with Crippen molar-refractivity contribution < 1.29 is 28.8 Å². The molecular weight excluding hydrogens is 857 g/mol. The Kier molecular flexibility index (Phi) is 18.5. The molecule has 354 valence electrons. The average Bonchev–Trinajstić information content (AvgIpc) is 4.09. The molecule has 6 N–H and O–H groups in total.